The molecule has 8 nitrogen and oxygen atoms in total. The second-order valence-corrected chi connectivity index (χ2v) is 8.80. The van der Waals surface area contributed by atoms with Gasteiger partial charge in [0, 0.05) is 22.6 Å². The van der Waals surface area contributed by atoms with Gasteiger partial charge in [0.1, 0.15) is 23.2 Å². The van der Waals surface area contributed by atoms with Crippen molar-refractivity contribution in [3.8, 4) is 5.75 Å². The Balaban J connectivity index is 1.57. The van der Waals surface area contributed by atoms with Crippen LogP contribution < -0.4 is 20.7 Å². The van der Waals surface area contributed by atoms with Crippen LogP contribution in [0.1, 0.15) is 34.5 Å². The topological polar surface area (TPSA) is 97.3 Å². The Kier molecular flexibility index (Phi) is 6.47. The first kappa shape index (κ1) is 23.9. The minimum absolute atomic E-state index is 0.279. The molecule has 5 rings (SSSR count). The lowest BCUT2D eigenvalue weighted by Crippen LogP contribution is -2.32. The average Bonchev–Trinajstić information content (AvgIpc) is 3.32. The van der Waals surface area contributed by atoms with E-state index in [1.165, 1.54) is 6.20 Å². The highest BCUT2D eigenvalue weighted by atomic mass is 16.5. The molecule has 2 heterocycles. The molecule has 4 aromatic rings. The summed E-state index contributed by atoms with van der Waals surface area (Å²) in [5.74, 6) is 0.524. The van der Waals surface area contributed by atoms with Crippen LogP contribution in [-0.2, 0) is 4.79 Å². The number of nitrogens with one attached hydrogen (secondary N) is 3. The van der Waals surface area contributed by atoms with Crippen LogP contribution in [0.3, 0.4) is 0 Å². The summed E-state index contributed by atoms with van der Waals surface area (Å²) in [4.78, 5) is 26.9. The van der Waals surface area contributed by atoms with Gasteiger partial charge in [-0.2, -0.15) is 5.10 Å². The number of benzene rings is 3. The van der Waals surface area contributed by atoms with E-state index in [4.69, 9.17) is 4.74 Å². The first-order valence-electron chi connectivity index (χ1n) is 11.9. The number of aromatic nitrogens is 2. The summed E-state index contributed by atoms with van der Waals surface area (Å²) in [5, 5.41) is 13.7. The minimum atomic E-state index is -0.628. The van der Waals surface area contributed by atoms with E-state index in [0.29, 0.717) is 39.8 Å². The number of hydrogen-bond donors (Lipinski definition) is 3. The molecule has 37 heavy (non-hydrogen) atoms. The van der Waals surface area contributed by atoms with Gasteiger partial charge in [0.15, 0.2) is 0 Å². The number of carbonyl (C=O) groups is 2. The van der Waals surface area contributed by atoms with Gasteiger partial charge in [-0.1, -0.05) is 48.5 Å². The van der Waals surface area contributed by atoms with E-state index in [2.05, 4.69) is 21.0 Å². The maximum Gasteiger partial charge on any atom is 0.261 e. The third-order valence-corrected chi connectivity index (χ3v) is 6.25. The van der Waals surface area contributed by atoms with Crippen LogP contribution in [0.4, 0.5) is 17.2 Å². The number of para-hydroxylation sites is 2. The predicted octanol–water partition coefficient (Wildman–Crippen LogP) is 5.38. The molecular weight excluding hydrogens is 466 g/mol. The van der Waals surface area contributed by atoms with Crippen molar-refractivity contribution in [3.05, 3.63) is 113 Å². The number of anilines is 3. The first-order chi connectivity index (χ1) is 18.0. The summed E-state index contributed by atoms with van der Waals surface area (Å²) in [6, 6.07) is 23.7. The summed E-state index contributed by atoms with van der Waals surface area (Å²) in [7, 11) is 1.59. The van der Waals surface area contributed by atoms with E-state index in [9.17, 15) is 9.59 Å². The highest BCUT2D eigenvalue weighted by Gasteiger charge is 2.36. The lowest BCUT2D eigenvalue weighted by Gasteiger charge is -2.31. The molecule has 0 bridgehead atoms. The summed E-state index contributed by atoms with van der Waals surface area (Å²) < 4.78 is 7.31. The third-order valence-electron chi connectivity index (χ3n) is 6.25. The number of fused-ring (bicyclic) bond motifs is 1. The van der Waals surface area contributed by atoms with Crippen LogP contribution in [0, 0.1) is 6.92 Å². The van der Waals surface area contributed by atoms with Crippen molar-refractivity contribution in [1.82, 2.24) is 9.78 Å². The van der Waals surface area contributed by atoms with Gasteiger partial charge in [-0.15, -0.1) is 0 Å². The number of rotatable bonds is 6. The monoisotopic (exact) mass is 493 g/mol. The van der Waals surface area contributed by atoms with Gasteiger partial charge in [-0.05, 0) is 49.7 Å². The molecule has 0 spiro atoms. The molecule has 0 saturated carbocycles. The highest BCUT2D eigenvalue weighted by molar-refractivity contribution is 6.09. The minimum Gasteiger partial charge on any atom is -0.496 e. The highest BCUT2D eigenvalue weighted by Crippen LogP contribution is 2.41. The van der Waals surface area contributed by atoms with Crippen LogP contribution in [0.25, 0.3) is 0 Å². The molecule has 1 atom stereocenters. The van der Waals surface area contributed by atoms with Gasteiger partial charge in [0.25, 0.3) is 11.8 Å². The van der Waals surface area contributed by atoms with Gasteiger partial charge in [0.05, 0.1) is 18.9 Å². The van der Waals surface area contributed by atoms with Crippen LogP contribution >= 0.6 is 0 Å². The lowest BCUT2D eigenvalue weighted by atomic mass is 9.93. The molecule has 0 saturated heterocycles. The summed E-state index contributed by atoms with van der Waals surface area (Å²) >= 11 is 0. The maximum atomic E-state index is 13.6. The van der Waals surface area contributed by atoms with Gasteiger partial charge >= 0.3 is 0 Å². The number of ether oxygens (including phenoxy) is 1. The zero-order chi connectivity index (χ0) is 25.9. The number of nitrogens with zero attached hydrogens (tertiary/aromatic N) is 2. The van der Waals surface area contributed by atoms with E-state index < -0.39 is 6.04 Å². The van der Waals surface area contributed by atoms with Crippen molar-refractivity contribution in [2.45, 2.75) is 19.9 Å². The van der Waals surface area contributed by atoms with Crippen molar-refractivity contribution in [2.24, 2.45) is 0 Å². The largest absolute Gasteiger partial charge is 0.496 e. The van der Waals surface area contributed by atoms with Crippen molar-refractivity contribution < 1.29 is 14.3 Å². The molecule has 3 N–H and O–H groups in total. The van der Waals surface area contributed by atoms with Gasteiger partial charge < -0.3 is 20.7 Å². The Hall–Kier alpha value is -4.85. The number of methoxy groups -OCH3 is 1. The normalized spacial score (nSPS) is 14.4. The van der Waals surface area contributed by atoms with Gasteiger partial charge in [0.2, 0.25) is 0 Å². The van der Waals surface area contributed by atoms with E-state index in [-0.39, 0.29) is 11.8 Å². The molecule has 186 valence electrons. The smallest absolute Gasteiger partial charge is 0.261 e. The zero-order valence-corrected chi connectivity index (χ0v) is 20.8. The molecule has 1 aromatic heterocycles. The third kappa shape index (κ3) is 4.69. The fraction of sp³-hybridized carbons (Fsp3) is 0.138. The summed E-state index contributed by atoms with van der Waals surface area (Å²) in [5.41, 5.74) is 4.60. The maximum absolute atomic E-state index is 13.6. The van der Waals surface area contributed by atoms with Crippen LogP contribution in [0.2, 0.25) is 0 Å². The number of carbonyl (C=O) groups excluding carboxylic acids is 2. The second kappa shape index (κ2) is 10.0. The average molecular weight is 494 g/mol. The summed E-state index contributed by atoms with van der Waals surface area (Å²) in [6.07, 6.45) is 1.52. The molecule has 0 radical (unpaired) electrons. The van der Waals surface area contributed by atoms with Crippen molar-refractivity contribution in [2.75, 3.05) is 23.1 Å². The Morgan fingerprint density at radius 1 is 0.892 bits per heavy atom. The van der Waals surface area contributed by atoms with Gasteiger partial charge in [-0.3, -0.25) is 9.59 Å². The molecule has 1 aliphatic heterocycles. The SMILES string of the molecule is COc1ccccc1[C@@H]1C(C(=O)Nc2ccccc2)=C(C)Nc2c(C(=O)Nc3cccc(C)c3)cnn21. The standard InChI is InChI=1S/C29H27N5O3/c1-18-10-9-13-21(16-18)33-28(35)23-17-30-34-26(22-14-7-8-15-24(22)37-3)25(19(2)31-27(23)34)29(36)32-20-11-5-4-6-12-20/h4-17,26,31H,1-3H3,(H,32,36)(H,33,35)/t26-/m1/s1. The Bertz CT molecular complexity index is 1510. The van der Waals surface area contributed by atoms with E-state index in [0.717, 1.165) is 11.1 Å². The zero-order valence-electron chi connectivity index (χ0n) is 20.8. The van der Waals surface area contributed by atoms with Crippen LogP contribution in [0.15, 0.2) is 96.3 Å². The second-order valence-electron chi connectivity index (χ2n) is 8.80. The fourth-order valence-electron chi connectivity index (χ4n) is 4.54. The Morgan fingerprint density at radius 2 is 1.59 bits per heavy atom. The van der Waals surface area contributed by atoms with E-state index in [1.807, 2.05) is 92.7 Å². The number of allylic oxidation sites excluding steroid dienone is 1. The van der Waals surface area contributed by atoms with Gasteiger partial charge in [-0.25, -0.2) is 4.68 Å². The summed E-state index contributed by atoms with van der Waals surface area (Å²) in [6.45, 7) is 3.79. The molecule has 2 amide bonds. The molecule has 0 fully saturated rings. The van der Waals surface area contributed by atoms with Crippen LogP contribution in [-0.4, -0.2) is 28.7 Å². The molecule has 1 aliphatic rings. The quantitative estimate of drug-likeness (QED) is 0.335. The van der Waals surface area contributed by atoms with E-state index >= 15 is 0 Å². The Morgan fingerprint density at radius 3 is 2.35 bits per heavy atom. The number of aryl methyl sites for hydroxylation is 1. The first-order valence-corrected chi connectivity index (χ1v) is 11.9. The molecule has 0 unspecified atom stereocenters. The van der Waals surface area contributed by atoms with Crippen molar-refractivity contribution in [3.63, 3.8) is 0 Å². The molecule has 8 heteroatoms. The van der Waals surface area contributed by atoms with E-state index in [1.54, 1.807) is 11.8 Å². The molecule has 0 aliphatic carbocycles. The predicted molar refractivity (Wildman–Crippen MR) is 144 cm³/mol. The van der Waals surface area contributed by atoms with Crippen molar-refractivity contribution in [1.29, 1.82) is 0 Å². The number of hydrogen-bond acceptors (Lipinski definition) is 5. The van der Waals surface area contributed by atoms with Crippen LogP contribution in [0.5, 0.6) is 5.75 Å². The lowest BCUT2D eigenvalue weighted by molar-refractivity contribution is -0.113. The number of amides is 2. The Labute approximate surface area is 215 Å². The molecular formula is C29H27N5O3. The van der Waals surface area contributed by atoms with Crippen molar-refractivity contribution >= 4 is 29.0 Å². The fourth-order valence-corrected chi connectivity index (χ4v) is 4.54. The molecule has 3 aromatic carbocycles.